The molecule has 2 fully saturated rings. The van der Waals surface area contributed by atoms with Crippen LogP contribution in [0, 0.1) is 11.8 Å². The lowest BCUT2D eigenvalue weighted by atomic mass is 9.82. The summed E-state index contributed by atoms with van der Waals surface area (Å²) in [6.07, 6.45) is 2.32. The third-order valence-corrected chi connectivity index (χ3v) is 3.58. The van der Waals surface area contributed by atoms with Crippen molar-refractivity contribution in [2.24, 2.45) is 11.8 Å². The first-order chi connectivity index (χ1) is 7.65. The zero-order chi connectivity index (χ0) is 11.5. The van der Waals surface area contributed by atoms with Gasteiger partial charge in [-0.1, -0.05) is 0 Å². The molecule has 1 unspecified atom stereocenters. The second kappa shape index (κ2) is 5.25. The lowest BCUT2D eigenvalue weighted by Crippen LogP contribution is -2.42. The Morgan fingerprint density at radius 1 is 1.44 bits per heavy atom. The zero-order valence-corrected chi connectivity index (χ0v) is 9.89. The SMILES string of the molecule is CN(CC1CC(O)C1)CC1COCCC1=O. The summed E-state index contributed by atoms with van der Waals surface area (Å²) < 4.78 is 5.33. The van der Waals surface area contributed by atoms with Crippen LogP contribution in [0.5, 0.6) is 0 Å². The Balaban J connectivity index is 1.69. The van der Waals surface area contributed by atoms with Crippen LogP contribution in [0.25, 0.3) is 0 Å². The molecule has 92 valence electrons. The maximum Gasteiger partial charge on any atom is 0.141 e. The molecule has 0 radical (unpaired) electrons. The quantitative estimate of drug-likeness (QED) is 0.750. The van der Waals surface area contributed by atoms with Crippen molar-refractivity contribution in [2.75, 3.05) is 33.4 Å². The summed E-state index contributed by atoms with van der Waals surface area (Å²) >= 11 is 0. The lowest BCUT2D eigenvalue weighted by molar-refractivity contribution is -0.131. The number of hydrogen-bond acceptors (Lipinski definition) is 4. The number of carbonyl (C=O) groups is 1. The number of ketones is 1. The molecule has 0 aromatic carbocycles. The fraction of sp³-hybridized carbons (Fsp3) is 0.917. The molecule has 0 bridgehead atoms. The highest BCUT2D eigenvalue weighted by atomic mass is 16.5. The molecule has 4 heteroatoms. The molecule has 16 heavy (non-hydrogen) atoms. The number of carbonyl (C=O) groups excluding carboxylic acids is 1. The van der Waals surface area contributed by atoms with Crippen molar-refractivity contribution in [3.05, 3.63) is 0 Å². The van der Waals surface area contributed by atoms with Crippen LogP contribution >= 0.6 is 0 Å². The van der Waals surface area contributed by atoms with Gasteiger partial charge >= 0.3 is 0 Å². The number of Topliss-reactive ketones (excluding diaryl/α,β-unsaturated/α-hetero) is 1. The van der Waals surface area contributed by atoms with Gasteiger partial charge < -0.3 is 14.7 Å². The molecule has 0 amide bonds. The molecule has 1 aliphatic heterocycles. The van der Waals surface area contributed by atoms with E-state index in [0.29, 0.717) is 31.3 Å². The van der Waals surface area contributed by atoms with E-state index < -0.39 is 0 Å². The monoisotopic (exact) mass is 227 g/mol. The van der Waals surface area contributed by atoms with Crippen LogP contribution in [0.1, 0.15) is 19.3 Å². The average molecular weight is 227 g/mol. The van der Waals surface area contributed by atoms with Gasteiger partial charge in [-0.3, -0.25) is 4.79 Å². The average Bonchev–Trinajstić information content (AvgIpc) is 2.19. The number of ether oxygens (including phenoxy) is 1. The van der Waals surface area contributed by atoms with Gasteiger partial charge in [0.1, 0.15) is 5.78 Å². The van der Waals surface area contributed by atoms with Gasteiger partial charge in [-0.25, -0.2) is 0 Å². The van der Waals surface area contributed by atoms with Crippen LogP contribution in [0.3, 0.4) is 0 Å². The van der Waals surface area contributed by atoms with Crippen molar-refractivity contribution in [3.63, 3.8) is 0 Å². The predicted molar refractivity (Wildman–Crippen MR) is 60.2 cm³/mol. The van der Waals surface area contributed by atoms with E-state index in [4.69, 9.17) is 4.74 Å². The molecule has 0 aromatic heterocycles. The Kier molecular flexibility index (Phi) is 3.95. The minimum Gasteiger partial charge on any atom is -0.393 e. The number of hydrogen-bond donors (Lipinski definition) is 1. The molecular weight excluding hydrogens is 206 g/mol. The maximum absolute atomic E-state index is 11.6. The molecule has 0 aromatic rings. The highest BCUT2D eigenvalue weighted by Gasteiger charge is 2.30. The minimum absolute atomic E-state index is 0.0590. The number of aliphatic hydroxyl groups excluding tert-OH is 1. The van der Waals surface area contributed by atoms with E-state index in [0.717, 1.165) is 25.9 Å². The van der Waals surface area contributed by atoms with Crippen molar-refractivity contribution in [2.45, 2.75) is 25.4 Å². The van der Waals surface area contributed by atoms with Gasteiger partial charge in [0.2, 0.25) is 0 Å². The second-order valence-electron chi connectivity index (χ2n) is 5.20. The zero-order valence-electron chi connectivity index (χ0n) is 9.89. The van der Waals surface area contributed by atoms with Crippen LogP contribution in [0.2, 0.25) is 0 Å². The lowest BCUT2D eigenvalue weighted by Gasteiger charge is -2.35. The Labute approximate surface area is 96.6 Å². The van der Waals surface area contributed by atoms with E-state index in [1.165, 1.54) is 0 Å². The van der Waals surface area contributed by atoms with E-state index in [-0.39, 0.29) is 12.0 Å². The summed E-state index contributed by atoms with van der Waals surface area (Å²) in [5, 5.41) is 9.20. The third kappa shape index (κ3) is 3.03. The Bertz CT molecular complexity index is 251. The van der Waals surface area contributed by atoms with E-state index in [9.17, 15) is 9.90 Å². The molecule has 0 spiro atoms. The highest BCUT2D eigenvalue weighted by molar-refractivity contribution is 5.82. The fourth-order valence-electron chi connectivity index (χ4n) is 2.59. The molecule has 2 rings (SSSR count). The summed E-state index contributed by atoms with van der Waals surface area (Å²) in [5.41, 5.74) is 0. The minimum atomic E-state index is -0.0851. The van der Waals surface area contributed by atoms with Crippen molar-refractivity contribution in [1.82, 2.24) is 4.90 Å². The van der Waals surface area contributed by atoms with Crippen molar-refractivity contribution in [3.8, 4) is 0 Å². The van der Waals surface area contributed by atoms with Crippen LogP contribution in [0.4, 0.5) is 0 Å². The molecule has 1 saturated heterocycles. The van der Waals surface area contributed by atoms with Gasteiger partial charge in [-0.2, -0.15) is 0 Å². The Morgan fingerprint density at radius 3 is 2.81 bits per heavy atom. The standard InChI is InChI=1S/C12H21NO3/c1-13(6-9-4-11(14)5-9)7-10-8-16-3-2-12(10)15/h9-11,14H,2-8H2,1H3. The molecule has 1 atom stereocenters. The van der Waals surface area contributed by atoms with E-state index >= 15 is 0 Å². The normalized spacial score (nSPS) is 35.2. The van der Waals surface area contributed by atoms with Gasteiger partial charge in [0.25, 0.3) is 0 Å². The van der Waals surface area contributed by atoms with Gasteiger partial charge in [0, 0.05) is 19.5 Å². The molecule has 4 nitrogen and oxygen atoms in total. The van der Waals surface area contributed by atoms with Crippen LogP contribution in [-0.2, 0) is 9.53 Å². The molecule has 1 heterocycles. The summed E-state index contributed by atoms with van der Waals surface area (Å²) in [6.45, 7) is 2.95. The Morgan fingerprint density at radius 2 is 2.19 bits per heavy atom. The van der Waals surface area contributed by atoms with E-state index in [1.807, 2.05) is 7.05 Å². The largest absolute Gasteiger partial charge is 0.393 e. The number of nitrogens with zero attached hydrogens (tertiary/aromatic N) is 1. The molecule has 1 N–H and O–H groups in total. The summed E-state index contributed by atoms with van der Waals surface area (Å²) in [5.74, 6) is 1.01. The van der Waals surface area contributed by atoms with Crippen molar-refractivity contribution >= 4 is 5.78 Å². The van der Waals surface area contributed by atoms with E-state index in [1.54, 1.807) is 0 Å². The smallest absolute Gasteiger partial charge is 0.141 e. The topological polar surface area (TPSA) is 49.8 Å². The molecular formula is C12H21NO3. The molecule has 1 saturated carbocycles. The fourth-order valence-corrected chi connectivity index (χ4v) is 2.59. The van der Waals surface area contributed by atoms with Gasteiger partial charge in [-0.15, -0.1) is 0 Å². The van der Waals surface area contributed by atoms with Crippen LogP contribution < -0.4 is 0 Å². The Hall–Kier alpha value is -0.450. The summed E-state index contributed by atoms with van der Waals surface area (Å²) in [4.78, 5) is 13.8. The molecule has 2 aliphatic rings. The first kappa shape index (κ1) is 12.0. The first-order valence-electron chi connectivity index (χ1n) is 6.12. The van der Waals surface area contributed by atoms with Gasteiger partial charge in [0.15, 0.2) is 0 Å². The first-order valence-corrected chi connectivity index (χ1v) is 6.12. The summed E-state index contributed by atoms with van der Waals surface area (Å²) in [7, 11) is 2.05. The number of aliphatic hydroxyl groups is 1. The predicted octanol–water partition coefficient (Wildman–Crippen LogP) is 0.295. The van der Waals surface area contributed by atoms with Crippen LogP contribution in [0.15, 0.2) is 0 Å². The summed E-state index contributed by atoms with van der Waals surface area (Å²) in [6, 6.07) is 0. The molecule has 1 aliphatic carbocycles. The maximum atomic E-state index is 11.6. The third-order valence-electron chi connectivity index (χ3n) is 3.58. The van der Waals surface area contributed by atoms with Gasteiger partial charge in [-0.05, 0) is 25.8 Å². The highest BCUT2D eigenvalue weighted by Crippen LogP contribution is 2.27. The van der Waals surface area contributed by atoms with Crippen molar-refractivity contribution < 1.29 is 14.6 Å². The van der Waals surface area contributed by atoms with Gasteiger partial charge in [0.05, 0.1) is 25.2 Å². The van der Waals surface area contributed by atoms with Crippen molar-refractivity contribution in [1.29, 1.82) is 0 Å². The van der Waals surface area contributed by atoms with E-state index in [2.05, 4.69) is 4.90 Å². The second-order valence-corrected chi connectivity index (χ2v) is 5.20. The van der Waals surface area contributed by atoms with Crippen LogP contribution in [-0.4, -0.2) is 55.2 Å². The number of rotatable bonds is 4.